The Morgan fingerprint density at radius 3 is 2.46 bits per heavy atom. The van der Waals surface area contributed by atoms with Crippen molar-refractivity contribution >= 4 is 5.97 Å². The third-order valence-corrected chi connectivity index (χ3v) is 4.66. The molecule has 8 nitrogen and oxygen atoms in total. The molecule has 0 unspecified atom stereocenters. The van der Waals surface area contributed by atoms with Crippen molar-refractivity contribution in [3.05, 3.63) is 12.2 Å². The lowest BCUT2D eigenvalue weighted by molar-refractivity contribution is -0.247. The molecule has 0 aromatic heterocycles. The molecule has 26 heavy (non-hydrogen) atoms. The van der Waals surface area contributed by atoms with Gasteiger partial charge in [-0.3, -0.25) is 0 Å². The first-order valence-electron chi connectivity index (χ1n) is 8.95. The van der Waals surface area contributed by atoms with Gasteiger partial charge in [0.1, 0.15) is 30.5 Å². The normalized spacial score (nSPS) is 41.0. The van der Waals surface area contributed by atoms with Gasteiger partial charge < -0.3 is 33.5 Å². The highest BCUT2D eigenvalue weighted by Crippen LogP contribution is 2.48. The van der Waals surface area contributed by atoms with E-state index in [-0.39, 0.29) is 0 Å². The predicted octanol–water partition coefficient (Wildman–Crippen LogP) is 1.82. The van der Waals surface area contributed by atoms with Gasteiger partial charge in [-0.2, -0.15) is 0 Å². The van der Waals surface area contributed by atoms with Gasteiger partial charge in [-0.15, -0.1) is 0 Å². The van der Waals surface area contributed by atoms with Gasteiger partial charge in [0.15, 0.2) is 17.9 Å². The van der Waals surface area contributed by atoms with Crippen LogP contribution < -0.4 is 0 Å². The number of hydrogen-bond acceptors (Lipinski definition) is 7. The number of rotatable bonds is 6. The van der Waals surface area contributed by atoms with Crippen LogP contribution in [0.15, 0.2) is 12.2 Å². The smallest absolute Gasteiger partial charge is 0.329 e. The minimum absolute atomic E-state index is 0.304. The molecule has 0 saturated carbocycles. The third-order valence-electron chi connectivity index (χ3n) is 4.66. The van der Waals surface area contributed by atoms with E-state index in [0.717, 1.165) is 6.42 Å². The van der Waals surface area contributed by atoms with E-state index in [2.05, 4.69) is 0 Å². The van der Waals surface area contributed by atoms with E-state index in [1.807, 2.05) is 32.9 Å². The summed E-state index contributed by atoms with van der Waals surface area (Å²) >= 11 is 0. The number of ether oxygens (including phenoxy) is 6. The second-order valence-electron chi connectivity index (χ2n) is 7.69. The zero-order chi connectivity index (χ0) is 19.2. The first-order chi connectivity index (χ1) is 12.1. The summed E-state index contributed by atoms with van der Waals surface area (Å²) in [5.74, 6) is -2.68. The summed E-state index contributed by atoms with van der Waals surface area (Å²) in [5.41, 5.74) is -1.15. The van der Waals surface area contributed by atoms with Gasteiger partial charge in [0.05, 0.1) is 6.61 Å². The molecule has 1 N–H and O–H groups in total. The summed E-state index contributed by atoms with van der Waals surface area (Å²) < 4.78 is 35.6. The van der Waals surface area contributed by atoms with Crippen LogP contribution >= 0.6 is 0 Å². The summed E-state index contributed by atoms with van der Waals surface area (Å²) in [5, 5.41) is 9.17. The van der Waals surface area contributed by atoms with Crippen LogP contribution in [0.4, 0.5) is 0 Å². The zero-order valence-electron chi connectivity index (χ0n) is 15.9. The molecular weight excluding hydrogens is 344 g/mol. The summed E-state index contributed by atoms with van der Waals surface area (Å²) in [4.78, 5) is 11.2. The van der Waals surface area contributed by atoms with Crippen molar-refractivity contribution in [2.45, 2.75) is 82.8 Å². The van der Waals surface area contributed by atoms with Gasteiger partial charge in [0.25, 0.3) is 0 Å². The molecule has 3 heterocycles. The Morgan fingerprint density at radius 1 is 1.15 bits per heavy atom. The first kappa shape index (κ1) is 19.7. The maximum absolute atomic E-state index is 11.2. The fourth-order valence-electron chi connectivity index (χ4n) is 3.68. The molecule has 3 aliphatic heterocycles. The van der Waals surface area contributed by atoms with Crippen molar-refractivity contribution in [1.82, 2.24) is 0 Å². The highest BCUT2D eigenvalue weighted by Gasteiger charge is 2.66. The van der Waals surface area contributed by atoms with Gasteiger partial charge in [0.2, 0.25) is 0 Å². The molecule has 0 radical (unpaired) electrons. The van der Waals surface area contributed by atoms with Crippen LogP contribution in [0.3, 0.4) is 0 Å². The van der Waals surface area contributed by atoms with Crippen molar-refractivity contribution in [3.8, 4) is 0 Å². The Hall–Kier alpha value is -1.03. The lowest BCUT2D eigenvalue weighted by Crippen LogP contribution is -2.55. The summed E-state index contributed by atoms with van der Waals surface area (Å²) in [6.07, 6.45) is 2.12. The highest BCUT2D eigenvalue weighted by atomic mass is 16.9. The van der Waals surface area contributed by atoms with E-state index in [0.29, 0.717) is 6.61 Å². The van der Waals surface area contributed by atoms with Crippen molar-refractivity contribution in [3.63, 3.8) is 0 Å². The number of carbonyl (C=O) groups is 1. The zero-order valence-corrected chi connectivity index (χ0v) is 15.9. The Morgan fingerprint density at radius 2 is 1.88 bits per heavy atom. The number of hydrogen-bond donors (Lipinski definition) is 1. The van der Waals surface area contributed by atoms with Crippen molar-refractivity contribution in [1.29, 1.82) is 0 Å². The fraction of sp³-hybridized carbons (Fsp3) is 0.833. The number of aliphatic carboxylic acids is 1. The molecule has 3 fully saturated rings. The molecule has 0 aromatic rings. The standard InChI is InChI=1S/C18H28O8/c1-6-7-8-18(22-10-12(19)20)13(11-9-21-16(2,3)24-11)23-15-14(18)25-17(4,5)26-15/h7-8,11,13-15H,6,9-10H2,1-5H3,(H,19,20)/b8-7+/t11-,13-,14+,15-,18-/m1/s1. The molecule has 8 heteroatoms. The molecule has 0 amide bonds. The van der Waals surface area contributed by atoms with E-state index in [1.54, 1.807) is 13.8 Å². The number of allylic oxidation sites excluding steroid dienone is 1. The first-order valence-corrected chi connectivity index (χ1v) is 8.95. The topological polar surface area (TPSA) is 92.7 Å². The Labute approximate surface area is 153 Å². The van der Waals surface area contributed by atoms with E-state index in [4.69, 9.17) is 28.4 Å². The molecule has 3 saturated heterocycles. The fourth-order valence-corrected chi connectivity index (χ4v) is 3.68. The molecule has 0 spiro atoms. The molecule has 0 aromatic carbocycles. The molecule has 0 aliphatic carbocycles. The lowest BCUT2D eigenvalue weighted by Gasteiger charge is -2.37. The summed E-state index contributed by atoms with van der Waals surface area (Å²) in [6.45, 7) is 9.01. The number of fused-ring (bicyclic) bond motifs is 1. The van der Waals surface area contributed by atoms with Crippen LogP contribution in [-0.2, 0) is 33.2 Å². The largest absolute Gasteiger partial charge is 0.480 e. The number of carboxylic acids is 1. The molecule has 0 bridgehead atoms. The summed E-state index contributed by atoms with van der Waals surface area (Å²) in [6, 6.07) is 0. The van der Waals surface area contributed by atoms with Crippen LogP contribution in [0, 0.1) is 0 Å². The second kappa shape index (κ2) is 6.85. The Balaban J connectivity index is 1.96. The van der Waals surface area contributed by atoms with Gasteiger partial charge >= 0.3 is 5.97 Å². The SMILES string of the molecule is CC/C=C/[C@@]1(OCC(=O)O)[C@@H]([C@H]2COC(C)(C)O2)O[C@@H]2OC(C)(C)O[C@@H]21. The molecule has 3 rings (SSSR count). The average Bonchev–Trinajstić information content (AvgIpc) is 3.12. The van der Waals surface area contributed by atoms with Crippen LogP contribution in [-0.4, -0.2) is 66.1 Å². The van der Waals surface area contributed by atoms with Crippen molar-refractivity contribution in [2.24, 2.45) is 0 Å². The quantitative estimate of drug-likeness (QED) is 0.706. The lowest BCUT2D eigenvalue weighted by atomic mass is 9.88. The van der Waals surface area contributed by atoms with Gasteiger partial charge in [-0.25, -0.2) is 4.79 Å². The van der Waals surface area contributed by atoms with E-state index >= 15 is 0 Å². The maximum atomic E-state index is 11.2. The van der Waals surface area contributed by atoms with Gasteiger partial charge in [-0.1, -0.05) is 19.1 Å². The minimum atomic E-state index is -1.15. The van der Waals surface area contributed by atoms with Crippen molar-refractivity contribution in [2.75, 3.05) is 13.2 Å². The van der Waals surface area contributed by atoms with Crippen LogP contribution in [0.2, 0.25) is 0 Å². The molecule has 3 aliphatic rings. The van der Waals surface area contributed by atoms with Crippen LogP contribution in [0.1, 0.15) is 41.0 Å². The summed E-state index contributed by atoms with van der Waals surface area (Å²) in [7, 11) is 0. The maximum Gasteiger partial charge on any atom is 0.329 e. The predicted molar refractivity (Wildman–Crippen MR) is 89.4 cm³/mol. The minimum Gasteiger partial charge on any atom is -0.480 e. The van der Waals surface area contributed by atoms with E-state index in [9.17, 15) is 9.90 Å². The Bertz CT molecular complexity index is 572. The number of carboxylic acid groups (broad SMARTS) is 1. The monoisotopic (exact) mass is 372 g/mol. The van der Waals surface area contributed by atoms with Gasteiger partial charge in [-0.05, 0) is 34.1 Å². The second-order valence-corrected chi connectivity index (χ2v) is 7.69. The van der Waals surface area contributed by atoms with E-state index < -0.39 is 54.4 Å². The molecule has 148 valence electrons. The Kier molecular flexibility index (Phi) is 5.20. The van der Waals surface area contributed by atoms with Crippen LogP contribution in [0.5, 0.6) is 0 Å². The van der Waals surface area contributed by atoms with Crippen molar-refractivity contribution < 1.29 is 38.3 Å². The average molecular weight is 372 g/mol. The van der Waals surface area contributed by atoms with Gasteiger partial charge in [0, 0.05) is 0 Å². The molecular formula is C18H28O8. The molecule has 5 atom stereocenters. The van der Waals surface area contributed by atoms with E-state index in [1.165, 1.54) is 0 Å². The third kappa shape index (κ3) is 3.67. The highest BCUT2D eigenvalue weighted by molar-refractivity contribution is 5.68. The van der Waals surface area contributed by atoms with Crippen LogP contribution in [0.25, 0.3) is 0 Å².